The Balaban J connectivity index is 2.22. The van der Waals surface area contributed by atoms with E-state index in [-0.39, 0.29) is 0 Å². The molecular weight excluding hydrogens is 347 g/mol. The lowest BCUT2D eigenvalue weighted by molar-refractivity contribution is -0.139. The average molecular weight is 365 g/mol. The number of amides is 1. The zero-order valence-corrected chi connectivity index (χ0v) is 13.8. The number of carbonyl (C=O) groups excluding carboxylic acids is 1. The molecule has 1 fully saturated rings. The van der Waals surface area contributed by atoms with E-state index < -0.39 is 39.1 Å². The van der Waals surface area contributed by atoms with Crippen molar-refractivity contribution in [1.82, 2.24) is 14.5 Å². The monoisotopic (exact) mass is 365 g/mol. The van der Waals surface area contributed by atoms with Gasteiger partial charge in [-0.15, -0.1) is 0 Å². The van der Waals surface area contributed by atoms with Gasteiger partial charge in [0.15, 0.2) is 0 Å². The van der Waals surface area contributed by atoms with Gasteiger partial charge in [-0.25, -0.2) is 8.42 Å². The standard InChI is InChI=1S/C14H18F3N3O3S/c1-19(10-13(21)20-8-6-18-7-9-20)24(22,23)12-5-3-2-4-11(12)14(15,16)17/h2-5,18H,6-10H2,1H3. The van der Waals surface area contributed by atoms with Crippen LogP contribution in [0.25, 0.3) is 0 Å². The number of piperazine rings is 1. The molecule has 1 aliphatic heterocycles. The molecule has 0 bridgehead atoms. The highest BCUT2D eigenvalue weighted by atomic mass is 32.2. The van der Waals surface area contributed by atoms with Gasteiger partial charge in [0.1, 0.15) is 0 Å². The molecule has 0 saturated carbocycles. The van der Waals surface area contributed by atoms with Crippen LogP contribution in [0.3, 0.4) is 0 Å². The molecule has 1 heterocycles. The fraction of sp³-hybridized carbons (Fsp3) is 0.500. The van der Waals surface area contributed by atoms with Crippen molar-refractivity contribution >= 4 is 15.9 Å². The number of benzene rings is 1. The quantitative estimate of drug-likeness (QED) is 0.855. The van der Waals surface area contributed by atoms with E-state index in [4.69, 9.17) is 0 Å². The summed E-state index contributed by atoms with van der Waals surface area (Å²) in [6.45, 7) is 1.56. The summed E-state index contributed by atoms with van der Waals surface area (Å²) >= 11 is 0. The van der Waals surface area contributed by atoms with Gasteiger partial charge in [-0.05, 0) is 12.1 Å². The van der Waals surface area contributed by atoms with Crippen LogP contribution in [0, 0.1) is 0 Å². The molecule has 1 N–H and O–H groups in total. The molecule has 1 aliphatic rings. The van der Waals surface area contributed by atoms with Crippen molar-refractivity contribution in [2.24, 2.45) is 0 Å². The Morgan fingerprint density at radius 2 is 1.83 bits per heavy atom. The van der Waals surface area contributed by atoms with Crippen LogP contribution in [0.1, 0.15) is 5.56 Å². The summed E-state index contributed by atoms with van der Waals surface area (Å²) in [6.07, 6.45) is -4.80. The second kappa shape index (κ2) is 7.08. The van der Waals surface area contributed by atoms with Gasteiger partial charge in [-0.2, -0.15) is 17.5 Å². The van der Waals surface area contributed by atoms with E-state index in [1.165, 1.54) is 11.0 Å². The van der Waals surface area contributed by atoms with E-state index in [0.29, 0.717) is 36.6 Å². The number of hydrogen-bond acceptors (Lipinski definition) is 4. The van der Waals surface area contributed by atoms with Crippen molar-refractivity contribution in [3.63, 3.8) is 0 Å². The van der Waals surface area contributed by atoms with Gasteiger partial charge in [0.05, 0.1) is 17.0 Å². The molecule has 1 saturated heterocycles. The summed E-state index contributed by atoms with van der Waals surface area (Å²) in [5.41, 5.74) is -1.24. The Bertz CT molecular complexity index is 701. The van der Waals surface area contributed by atoms with Crippen molar-refractivity contribution in [3.05, 3.63) is 29.8 Å². The smallest absolute Gasteiger partial charge is 0.339 e. The molecule has 24 heavy (non-hydrogen) atoms. The normalized spacial score (nSPS) is 16.5. The summed E-state index contributed by atoms with van der Waals surface area (Å²) in [6, 6.07) is 3.94. The largest absolute Gasteiger partial charge is 0.417 e. The second-order valence-corrected chi connectivity index (χ2v) is 7.40. The number of hydrogen-bond donors (Lipinski definition) is 1. The van der Waals surface area contributed by atoms with Crippen LogP contribution < -0.4 is 5.32 Å². The van der Waals surface area contributed by atoms with Crippen LogP contribution in [0.4, 0.5) is 13.2 Å². The highest BCUT2D eigenvalue weighted by molar-refractivity contribution is 7.89. The molecule has 0 atom stereocenters. The van der Waals surface area contributed by atoms with E-state index in [9.17, 15) is 26.4 Å². The molecule has 0 unspecified atom stereocenters. The van der Waals surface area contributed by atoms with Gasteiger partial charge in [-0.1, -0.05) is 12.1 Å². The molecule has 0 radical (unpaired) electrons. The van der Waals surface area contributed by atoms with E-state index in [2.05, 4.69) is 5.32 Å². The third-order valence-corrected chi connectivity index (χ3v) is 5.57. The maximum Gasteiger partial charge on any atom is 0.417 e. The number of alkyl halides is 3. The Kier molecular flexibility index (Phi) is 5.51. The van der Waals surface area contributed by atoms with Crippen molar-refractivity contribution in [2.75, 3.05) is 39.8 Å². The van der Waals surface area contributed by atoms with Crippen molar-refractivity contribution in [1.29, 1.82) is 0 Å². The van der Waals surface area contributed by atoms with Crippen LogP contribution >= 0.6 is 0 Å². The highest BCUT2D eigenvalue weighted by Gasteiger charge is 2.38. The minimum atomic E-state index is -4.80. The Hall–Kier alpha value is -1.65. The molecule has 1 aromatic rings. The van der Waals surface area contributed by atoms with E-state index in [0.717, 1.165) is 19.2 Å². The summed E-state index contributed by atoms with van der Waals surface area (Å²) in [5.74, 6) is -0.438. The molecule has 1 amide bonds. The van der Waals surface area contributed by atoms with Crippen LogP contribution in [-0.2, 0) is 21.0 Å². The minimum Gasteiger partial charge on any atom is -0.339 e. The summed E-state index contributed by atoms with van der Waals surface area (Å²) < 4.78 is 64.7. The number of sulfonamides is 1. The number of halogens is 3. The van der Waals surface area contributed by atoms with E-state index in [1.807, 2.05) is 0 Å². The first-order valence-corrected chi connectivity index (χ1v) is 8.69. The Morgan fingerprint density at radius 3 is 2.42 bits per heavy atom. The molecule has 0 aliphatic carbocycles. The zero-order valence-electron chi connectivity index (χ0n) is 13.0. The lowest BCUT2D eigenvalue weighted by Gasteiger charge is -2.29. The van der Waals surface area contributed by atoms with Crippen molar-refractivity contribution < 1.29 is 26.4 Å². The third kappa shape index (κ3) is 4.05. The highest BCUT2D eigenvalue weighted by Crippen LogP contribution is 2.34. The van der Waals surface area contributed by atoms with Gasteiger partial charge in [0.2, 0.25) is 15.9 Å². The predicted octanol–water partition coefficient (Wildman–Crippen LogP) is 0.758. The number of nitrogens with one attached hydrogen (secondary N) is 1. The van der Waals surface area contributed by atoms with Crippen molar-refractivity contribution in [3.8, 4) is 0 Å². The van der Waals surface area contributed by atoms with Gasteiger partial charge in [-0.3, -0.25) is 4.79 Å². The molecule has 2 rings (SSSR count). The number of rotatable bonds is 4. The Morgan fingerprint density at radius 1 is 1.25 bits per heavy atom. The van der Waals surface area contributed by atoms with Crippen molar-refractivity contribution in [2.45, 2.75) is 11.1 Å². The van der Waals surface area contributed by atoms with Gasteiger partial charge in [0.25, 0.3) is 0 Å². The molecular formula is C14H18F3N3O3S. The predicted molar refractivity (Wildman–Crippen MR) is 80.7 cm³/mol. The fourth-order valence-corrected chi connectivity index (χ4v) is 3.71. The number of likely N-dealkylation sites (N-methyl/N-ethyl adjacent to an activating group) is 1. The maximum absolute atomic E-state index is 13.0. The van der Waals surface area contributed by atoms with E-state index in [1.54, 1.807) is 0 Å². The van der Waals surface area contributed by atoms with Crippen LogP contribution in [0.5, 0.6) is 0 Å². The number of carbonyl (C=O) groups is 1. The van der Waals surface area contributed by atoms with E-state index >= 15 is 0 Å². The number of nitrogens with zero attached hydrogens (tertiary/aromatic N) is 2. The summed E-state index contributed by atoms with van der Waals surface area (Å²) in [7, 11) is -3.34. The molecule has 10 heteroatoms. The molecule has 134 valence electrons. The van der Waals surface area contributed by atoms with Gasteiger partial charge < -0.3 is 10.2 Å². The van der Waals surface area contributed by atoms with Gasteiger partial charge in [0, 0.05) is 33.2 Å². The van der Waals surface area contributed by atoms with Gasteiger partial charge >= 0.3 is 6.18 Å². The maximum atomic E-state index is 13.0. The molecule has 0 aromatic heterocycles. The SMILES string of the molecule is CN(CC(=O)N1CCNCC1)S(=O)(=O)c1ccccc1C(F)(F)F. The van der Waals surface area contributed by atoms with Crippen LogP contribution in [0.15, 0.2) is 29.2 Å². The Labute approximate surface area is 138 Å². The first kappa shape index (κ1) is 18.7. The lowest BCUT2D eigenvalue weighted by Crippen LogP contribution is -2.49. The zero-order chi connectivity index (χ0) is 18.0. The summed E-state index contributed by atoms with van der Waals surface area (Å²) in [4.78, 5) is 12.8. The molecule has 0 spiro atoms. The second-order valence-electron chi connectivity index (χ2n) is 5.39. The van der Waals surface area contributed by atoms with Crippen LogP contribution in [-0.4, -0.2) is 63.3 Å². The summed E-state index contributed by atoms with van der Waals surface area (Å²) in [5, 5.41) is 3.05. The first-order valence-electron chi connectivity index (χ1n) is 7.25. The molecule has 6 nitrogen and oxygen atoms in total. The van der Waals surface area contributed by atoms with Crippen LogP contribution in [0.2, 0.25) is 0 Å². The first-order chi connectivity index (χ1) is 11.1. The topological polar surface area (TPSA) is 69.7 Å². The fourth-order valence-electron chi connectivity index (χ4n) is 2.38. The third-order valence-electron chi connectivity index (χ3n) is 3.71. The lowest BCUT2D eigenvalue weighted by atomic mass is 10.2. The molecule has 1 aromatic carbocycles. The average Bonchev–Trinajstić information content (AvgIpc) is 2.54. The minimum absolute atomic E-state index is 0.436.